The molecule has 1 saturated heterocycles. The molecule has 0 aromatic rings. The molecule has 1 saturated carbocycles. The van der Waals surface area contributed by atoms with Gasteiger partial charge < -0.3 is 24.8 Å². The molecule has 2 fully saturated rings. The number of ether oxygens (including phenoxy) is 2. The van der Waals surface area contributed by atoms with Gasteiger partial charge in [-0.25, -0.2) is 0 Å². The van der Waals surface area contributed by atoms with Gasteiger partial charge in [0.2, 0.25) is 0 Å². The summed E-state index contributed by atoms with van der Waals surface area (Å²) in [5.74, 6) is 0.508. The van der Waals surface area contributed by atoms with E-state index in [0.717, 1.165) is 25.7 Å². The summed E-state index contributed by atoms with van der Waals surface area (Å²) in [7, 11) is 0. The normalized spacial score (nSPS) is 44.7. The largest absolute Gasteiger partial charge is 0.388 e. The lowest BCUT2D eigenvalue weighted by Gasteiger charge is -2.42. The van der Waals surface area contributed by atoms with Gasteiger partial charge in [-0.2, -0.15) is 0 Å². The van der Waals surface area contributed by atoms with Gasteiger partial charge in [-0.3, -0.25) is 0 Å². The molecule has 124 valence electrons. The highest BCUT2D eigenvalue weighted by Gasteiger charge is 2.44. The van der Waals surface area contributed by atoms with Crippen LogP contribution in [0.15, 0.2) is 0 Å². The highest BCUT2D eigenvalue weighted by atomic mass is 16.7. The smallest absolute Gasteiger partial charge is 0.186 e. The van der Waals surface area contributed by atoms with E-state index in [1.54, 1.807) is 6.92 Å². The molecule has 2 aliphatic rings. The predicted molar refractivity (Wildman–Crippen MR) is 78.7 cm³/mol. The van der Waals surface area contributed by atoms with Crippen LogP contribution < -0.4 is 0 Å². The Hall–Kier alpha value is -0.200. The zero-order valence-corrected chi connectivity index (χ0v) is 13.1. The second-order valence-corrected chi connectivity index (χ2v) is 6.54. The molecule has 0 bridgehead atoms. The van der Waals surface area contributed by atoms with Crippen molar-refractivity contribution in [1.29, 1.82) is 0 Å². The Balaban J connectivity index is 1.94. The molecule has 1 aliphatic carbocycles. The van der Waals surface area contributed by atoms with Crippen molar-refractivity contribution in [2.24, 2.45) is 5.92 Å². The van der Waals surface area contributed by atoms with Crippen LogP contribution in [0.2, 0.25) is 0 Å². The summed E-state index contributed by atoms with van der Waals surface area (Å²) in [4.78, 5) is 0. The summed E-state index contributed by atoms with van der Waals surface area (Å²) in [5, 5.41) is 29.6. The summed E-state index contributed by atoms with van der Waals surface area (Å²) in [5.41, 5.74) is 0. The monoisotopic (exact) mass is 302 g/mol. The zero-order chi connectivity index (χ0) is 15.4. The van der Waals surface area contributed by atoms with Gasteiger partial charge in [0.05, 0.1) is 12.2 Å². The van der Waals surface area contributed by atoms with Crippen molar-refractivity contribution in [3.63, 3.8) is 0 Å². The van der Waals surface area contributed by atoms with Gasteiger partial charge in [-0.1, -0.05) is 32.6 Å². The van der Waals surface area contributed by atoms with Crippen LogP contribution in [0, 0.1) is 5.92 Å². The van der Waals surface area contributed by atoms with E-state index in [1.807, 2.05) is 0 Å². The first-order valence-corrected chi connectivity index (χ1v) is 8.39. The fourth-order valence-electron chi connectivity index (χ4n) is 3.45. The van der Waals surface area contributed by atoms with Crippen LogP contribution in [-0.2, 0) is 9.47 Å². The lowest BCUT2D eigenvalue weighted by atomic mass is 9.83. The average molecular weight is 302 g/mol. The molecule has 0 amide bonds. The van der Waals surface area contributed by atoms with Crippen molar-refractivity contribution in [2.75, 3.05) is 0 Å². The first kappa shape index (κ1) is 17.2. The molecule has 5 heteroatoms. The van der Waals surface area contributed by atoms with E-state index in [-0.39, 0.29) is 6.10 Å². The molecule has 2 rings (SSSR count). The topological polar surface area (TPSA) is 79.2 Å². The van der Waals surface area contributed by atoms with Gasteiger partial charge in [0.1, 0.15) is 18.3 Å². The maximum atomic E-state index is 10.1. The van der Waals surface area contributed by atoms with Crippen molar-refractivity contribution >= 4 is 0 Å². The minimum atomic E-state index is -1.21. The van der Waals surface area contributed by atoms with Crippen molar-refractivity contribution in [2.45, 2.75) is 95.6 Å². The Morgan fingerprint density at radius 3 is 2.48 bits per heavy atom. The number of hydrogen-bond acceptors (Lipinski definition) is 5. The van der Waals surface area contributed by atoms with Gasteiger partial charge in [0.25, 0.3) is 0 Å². The Kier molecular flexibility index (Phi) is 6.44. The zero-order valence-electron chi connectivity index (χ0n) is 13.1. The summed E-state index contributed by atoms with van der Waals surface area (Å²) in [6.07, 6.45) is 3.26. The molecule has 1 heterocycles. The minimum absolute atomic E-state index is 0.0830. The predicted octanol–water partition coefficient (Wildman–Crippen LogP) is 1.58. The third-order valence-electron chi connectivity index (χ3n) is 4.89. The molecule has 7 atom stereocenters. The maximum Gasteiger partial charge on any atom is 0.186 e. The molecule has 5 nitrogen and oxygen atoms in total. The second kappa shape index (κ2) is 7.88. The van der Waals surface area contributed by atoms with Crippen molar-refractivity contribution < 1.29 is 24.8 Å². The molecular weight excluding hydrogens is 272 g/mol. The number of aliphatic hydroxyl groups is 3. The number of hydrogen-bond donors (Lipinski definition) is 3. The molecule has 1 aliphatic heterocycles. The number of aliphatic hydroxyl groups excluding tert-OH is 3. The van der Waals surface area contributed by atoms with Crippen LogP contribution in [0.4, 0.5) is 0 Å². The Morgan fingerprint density at radius 2 is 1.76 bits per heavy atom. The highest BCUT2D eigenvalue weighted by molar-refractivity contribution is 4.88. The van der Waals surface area contributed by atoms with Gasteiger partial charge in [0, 0.05) is 0 Å². The molecule has 0 aromatic heterocycles. The van der Waals surface area contributed by atoms with Crippen LogP contribution in [0.3, 0.4) is 0 Å². The van der Waals surface area contributed by atoms with E-state index in [0.29, 0.717) is 5.92 Å². The Labute approximate surface area is 127 Å². The number of unbranched alkanes of at least 4 members (excludes halogenated alkanes) is 1. The molecule has 21 heavy (non-hydrogen) atoms. The van der Waals surface area contributed by atoms with Crippen molar-refractivity contribution in [3.8, 4) is 0 Å². The highest BCUT2D eigenvalue weighted by Crippen LogP contribution is 2.33. The van der Waals surface area contributed by atoms with Crippen molar-refractivity contribution in [3.05, 3.63) is 0 Å². The van der Waals surface area contributed by atoms with E-state index in [4.69, 9.17) is 9.47 Å². The quantitative estimate of drug-likeness (QED) is 0.718. The maximum absolute atomic E-state index is 10.1. The van der Waals surface area contributed by atoms with Crippen LogP contribution in [0.1, 0.15) is 58.8 Å². The van der Waals surface area contributed by atoms with Crippen LogP contribution in [0.25, 0.3) is 0 Å². The minimum Gasteiger partial charge on any atom is -0.388 e. The van der Waals surface area contributed by atoms with Crippen molar-refractivity contribution in [1.82, 2.24) is 0 Å². The fourth-order valence-corrected chi connectivity index (χ4v) is 3.45. The molecule has 0 aromatic carbocycles. The first-order chi connectivity index (χ1) is 10.0. The Bertz CT molecular complexity index is 311. The Morgan fingerprint density at radius 1 is 1.05 bits per heavy atom. The third-order valence-corrected chi connectivity index (χ3v) is 4.89. The van der Waals surface area contributed by atoms with Gasteiger partial charge in [-0.05, 0) is 32.1 Å². The third kappa shape index (κ3) is 4.17. The van der Waals surface area contributed by atoms with Crippen LogP contribution in [0.5, 0.6) is 0 Å². The fraction of sp³-hybridized carbons (Fsp3) is 1.00. The van der Waals surface area contributed by atoms with E-state index in [9.17, 15) is 15.3 Å². The van der Waals surface area contributed by atoms with Gasteiger partial charge >= 0.3 is 0 Å². The SMILES string of the molecule is CCCC[C@H]1CCCC[C@H]1O[C@@H]1O[C@H](C)[C@H](O)[C@H](O)[C@H]1O. The van der Waals surface area contributed by atoms with E-state index in [1.165, 1.54) is 19.3 Å². The van der Waals surface area contributed by atoms with E-state index < -0.39 is 30.7 Å². The van der Waals surface area contributed by atoms with E-state index >= 15 is 0 Å². The first-order valence-electron chi connectivity index (χ1n) is 8.39. The number of rotatable bonds is 5. The van der Waals surface area contributed by atoms with E-state index in [2.05, 4.69) is 6.92 Å². The molecular formula is C16H30O5. The summed E-state index contributed by atoms with van der Waals surface area (Å²) < 4.78 is 11.6. The summed E-state index contributed by atoms with van der Waals surface area (Å²) >= 11 is 0. The molecule has 0 unspecified atom stereocenters. The standard InChI is InChI=1S/C16H30O5/c1-3-4-7-11-8-5-6-9-12(11)21-16-15(19)14(18)13(17)10(2)20-16/h10-19H,3-9H2,1-2H3/t10-,11+,12-,13+,14+,15-,16+/m1/s1. The lowest BCUT2D eigenvalue weighted by Crippen LogP contribution is -2.58. The molecule has 0 radical (unpaired) electrons. The summed E-state index contributed by atoms with van der Waals surface area (Å²) in [6.45, 7) is 3.87. The van der Waals surface area contributed by atoms with Gasteiger partial charge in [-0.15, -0.1) is 0 Å². The van der Waals surface area contributed by atoms with Crippen LogP contribution >= 0.6 is 0 Å². The van der Waals surface area contributed by atoms with Gasteiger partial charge in [0.15, 0.2) is 6.29 Å². The van der Waals surface area contributed by atoms with Crippen LogP contribution in [-0.4, -0.2) is 52.1 Å². The average Bonchev–Trinajstić information content (AvgIpc) is 2.49. The summed E-state index contributed by atoms with van der Waals surface area (Å²) in [6, 6.07) is 0. The second-order valence-electron chi connectivity index (χ2n) is 6.54. The lowest BCUT2D eigenvalue weighted by molar-refractivity contribution is -0.309. The molecule has 3 N–H and O–H groups in total. The molecule has 0 spiro atoms.